The number of esters is 1. The topological polar surface area (TPSA) is 83.1 Å². The van der Waals surface area contributed by atoms with Gasteiger partial charge in [-0.25, -0.2) is 9.59 Å². The monoisotopic (exact) mass is 415 g/mol. The number of alkyl carbamates (subject to hydrolysis) is 1. The summed E-state index contributed by atoms with van der Waals surface area (Å²) in [6.45, 7) is 6.67. The van der Waals surface area contributed by atoms with Crippen molar-refractivity contribution in [3.8, 4) is 0 Å². The molecule has 0 unspecified atom stereocenters. The van der Waals surface area contributed by atoms with Gasteiger partial charge in [0.25, 0.3) is 0 Å². The number of hydrogen-bond donors (Lipinski definition) is 1. The molecule has 0 spiro atoms. The van der Waals surface area contributed by atoms with Crippen molar-refractivity contribution in [2.45, 2.75) is 33.2 Å². The van der Waals surface area contributed by atoms with Gasteiger partial charge in [-0.3, -0.25) is 0 Å². The van der Waals surface area contributed by atoms with Gasteiger partial charge in [0.2, 0.25) is 5.79 Å². The van der Waals surface area contributed by atoms with Crippen molar-refractivity contribution in [3.05, 3.63) is 71.3 Å². The molecule has 162 valence electrons. The van der Waals surface area contributed by atoms with Gasteiger partial charge in [-0.05, 0) is 38.5 Å². The molecule has 7 nitrogen and oxygen atoms in total. The number of rotatable bonds is 11. The second-order valence-electron chi connectivity index (χ2n) is 6.33. The van der Waals surface area contributed by atoms with E-state index in [9.17, 15) is 9.59 Å². The molecule has 0 aromatic heterocycles. The van der Waals surface area contributed by atoms with Gasteiger partial charge in [-0.2, -0.15) is 0 Å². The van der Waals surface area contributed by atoms with Crippen LogP contribution >= 0.6 is 0 Å². The lowest BCUT2D eigenvalue weighted by molar-refractivity contribution is -0.238. The molecule has 0 bridgehead atoms. The van der Waals surface area contributed by atoms with Crippen molar-refractivity contribution in [1.82, 2.24) is 5.32 Å². The van der Waals surface area contributed by atoms with Crippen LogP contribution in [0.4, 0.5) is 4.79 Å². The number of ether oxygens (including phenoxy) is 4. The Morgan fingerprint density at radius 3 is 2.03 bits per heavy atom. The van der Waals surface area contributed by atoms with Gasteiger partial charge in [0.05, 0.1) is 18.7 Å². The van der Waals surface area contributed by atoms with Crippen molar-refractivity contribution in [2.75, 3.05) is 26.4 Å². The minimum Gasteiger partial charge on any atom is -0.462 e. The highest BCUT2D eigenvalue weighted by Crippen LogP contribution is 2.28. The van der Waals surface area contributed by atoms with Crippen LogP contribution in [-0.4, -0.2) is 38.4 Å². The number of hydrogen-bond acceptors (Lipinski definition) is 6. The molecule has 0 saturated carbocycles. The van der Waals surface area contributed by atoms with Crippen LogP contribution in [0.15, 0.2) is 54.6 Å². The van der Waals surface area contributed by atoms with E-state index in [1.54, 1.807) is 31.2 Å². The van der Waals surface area contributed by atoms with Crippen LogP contribution in [0.2, 0.25) is 0 Å². The summed E-state index contributed by atoms with van der Waals surface area (Å²) in [4.78, 5) is 24.1. The standard InChI is InChI=1S/C23H29NO6/c1-4-27-21(25)19-12-14-20(15-13-19)23(29-5-2,30-6-3)17-24-22(26)28-16-18-10-8-7-9-11-18/h7-15H,4-6,16-17H2,1-3H3,(H,24,26). The molecule has 0 fully saturated rings. The summed E-state index contributed by atoms with van der Waals surface area (Å²) in [7, 11) is 0. The summed E-state index contributed by atoms with van der Waals surface area (Å²) in [5.74, 6) is -1.60. The first-order chi connectivity index (χ1) is 14.5. The molecule has 7 heteroatoms. The normalized spacial score (nSPS) is 11.0. The van der Waals surface area contributed by atoms with Gasteiger partial charge < -0.3 is 24.3 Å². The van der Waals surface area contributed by atoms with Crippen molar-refractivity contribution in [1.29, 1.82) is 0 Å². The number of benzene rings is 2. The average molecular weight is 415 g/mol. The van der Waals surface area contributed by atoms with E-state index in [1.807, 2.05) is 44.2 Å². The molecule has 0 aliphatic carbocycles. The number of carbonyl (C=O) groups excluding carboxylic acids is 2. The van der Waals surface area contributed by atoms with Crippen LogP contribution in [0.5, 0.6) is 0 Å². The molecule has 0 heterocycles. The van der Waals surface area contributed by atoms with Crippen molar-refractivity contribution in [3.63, 3.8) is 0 Å². The van der Waals surface area contributed by atoms with Crippen LogP contribution in [-0.2, 0) is 31.3 Å². The Hall–Kier alpha value is -2.90. The summed E-state index contributed by atoms with van der Waals surface area (Å²) in [6.07, 6.45) is -0.578. The molecule has 1 amide bonds. The van der Waals surface area contributed by atoms with Gasteiger partial charge in [-0.15, -0.1) is 0 Å². The van der Waals surface area contributed by atoms with E-state index in [4.69, 9.17) is 18.9 Å². The molecule has 30 heavy (non-hydrogen) atoms. The summed E-state index contributed by atoms with van der Waals surface area (Å²) >= 11 is 0. The Morgan fingerprint density at radius 2 is 1.47 bits per heavy atom. The first kappa shape index (κ1) is 23.4. The largest absolute Gasteiger partial charge is 0.462 e. The third-order valence-electron chi connectivity index (χ3n) is 4.27. The molecule has 0 aliphatic rings. The van der Waals surface area contributed by atoms with Crippen LogP contribution in [0.25, 0.3) is 0 Å². The third-order valence-corrected chi connectivity index (χ3v) is 4.27. The predicted molar refractivity (Wildman–Crippen MR) is 112 cm³/mol. The van der Waals surface area contributed by atoms with E-state index < -0.39 is 17.8 Å². The maximum absolute atomic E-state index is 12.2. The van der Waals surface area contributed by atoms with Crippen molar-refractivity contribution < 1.29 is 28.5 Å². The first-order valence-corrected chi connectivity index (χ1v) is 10.0. The molecule has 2 aromatic carbocycles. The van der Waals surface area contributed by atoms with Crippen LogP contribution in [0.1, 0.15) is 42.3 Å². The van der Waals surface area contributed by atoms with E-state index >= 15 is 0 Å². The molecule has 2 rings (SSSR count). The highest BCUT2D eigenvalue weighted by molar-refractivity contribution is 5.89. The van der Waals surface area contributed by atoms with Crippen LogP contribution in [0.3, 0.4) is 0 Å². The lowest BCUT2D eigenvalue weighted by Gasteiger charge is -2.33. The molecule has 1 N–H and O–H groups in total. The minimum atomic E-state index is -1.21. The fourth-order valence-electron chi connectivity index (χ4n) is 2.92. The first-order valence-electron chi connectivity index (χ1n) is 10.0. The fraction of sp³-hybridized carbons (Fsp3) is 0.391. The number of nitrogens with one attached hydrogen (secondary N) is 1. The highest BCUT2D eigenvalue weighted by Gasteiger charge is 2.35. The summed E-state index contributed by atoms with van der Waals surface area (Å²) < 4.78 is 22.1. The highest BCUT2D eigenvalue weighted by atomic mass is 16.7. The van der Waals surface area contributed by atoms with E-state index in [0.717, 1.165) is 5.56 Å². The van der Waals surface area contributed by atoms with Gasteiger partial charge in [-0.1, -0.05) is 42.5 Å². The van der Waals surface area contributed by atoms with E-state index in [1.165, 1.54) is 0 Å². The van der Waals surface area contributed by atoms with Crippen LogP contribution in [0, 0.1) is 0 Å². The zero-order valence-corrected chi connectivity index (χ0v) is 17.7. The minimum absolute atomic E-state index is 0.0427. The third kappa shape index (κ3) is 6.57. The van der Waals surface area contributed by atoms with Crippen molar-refractivity contribution >= 4 is 12.1 Å². The predicted octanol–water partition coefficient (Wildman–Crippen LogP) is 4.02. The Morgan fingerprint density at radius 1 is 0.833 bits per heavy atom. The molecule has 0 aliphatic heterocycles. The summed E-state index contributed by atoms with van der Waals surface area (Å²) in [6, 6.07) is 16.2. The van der Waals surface area contributed by atoms with Gasteiger partial charge in [0.15, 0.2) is 0 Å². The second kappa shape index (κ2) is 11.9. The zero-order valence-electron chi connectivity index (χ0n) is 17.7. The van der Waals surface area contributed by atoms with Gasteiger partial charge >= 0.3 is 12.1 Å². The van der Waals surface area contributed by atoms with Gasteiger partial charge in [0.1, 0.15) is 6.61 Å². The average Bonchev–Trinajstić information content (AvgIpc) is 2.77. The second-order valence-corrected chi connectivity index (χ2v) is 6.33. The number of carbonyl (C=O) groups is 2. The fourth-order valence-corrected chi connectivity index (χ4v) is 2.92. The Labute approximate surface area is 177 Å². The molecular weight excluding hydrogens is 386 g/mol. The molecule has 0 atom stereocenters. The summed E-state index contributed by atoms with van der Waals surface area (Å²) in [5.41, 5.74) is 1.99. The van der Waals surface area contributed by atoms with E-state index in [0.29, 0.717) is 30.9 Å². The maximum atomic E-state index is 12.2. The Balaban J connectivity index is 2.09. The quantitative estimate of drug-likeness (QED) is 0.441. The Bertz CT molecular complexity index is 785. The van der Waals surface area contributed by atoms with E-state index in [2.05, 4.69) is 5.32 Å². The molecule has 0 saturated heterocycles. The SMILES string of the molecule is CCOC(=O)c1ccc(C(CNC(=O)OCc2ccccc2)(OCC)OCC)cc1. The molecule has 0 radical (unpaired) electrons. The summed E-state index contributed by atoms with van der Waals surface area (Å²) in [5, 5.41) is 2.72. The molecular formula is C23H29NO6. The lowest BCUT2D eigenvalue weighted by atomic mass is 10.0. The van der Waals surface area contributed by atoms with Crippen LogP contribution < -0.4 is 5.32 Å². The molecule has 2 aromatic rings. The van der Waals surface area contributed by atoms with Crippen molar-refractivity contribution in [2.24, 2.45) is 0 Å². The Kier molecular flexibility index (Phi) is 9.31. The van der Waals surface area contributed by atoms with E-state index in [-0.39, 0.29) is 13.2 Å². The lowest BCUT2D eigenvalue weighted by Crippen LogP contribution is -2.45. The smallest absolute Gasteiger partial charge is 0.407 e. The maximum Gasteiger partial charge on any atom is 0.407 e. The number of amides is 1. The van der Waals surface area contributed by atoms with Gasteiger partial charge in [0, 0.05) is 18.8 Å². The zero-order chi connectivity index (χ0) is 21.8.